The van der Waals surface area contributed by atoms with Crippen LogP contribution in [-0.2, 0) is 0 Å². The van der Waals surface area contributed by atoms with Crippen molar-refractivity contribution < 1.29 is 5.11 Å². The Morgan fingerprint density at radius 2 is 1.94 bits per heavy atom. The van der Waals surface area contributed by atoms with Crippen LogP contribution in [0.5, 0.6) is 0 Å². The van der Waals surface area contributed by atoms with Crippen molar-refractivity contribution in [1.82, 2.24) is 0 Å². The van der Waals surface area contributed by atoms with E-state index in [9.17, 15) is 5.11 Å². The van der Waals surface area contributed by atoms with Gasteiger partial charge in [0.15, 0.2) is 0 Å². The lowest BCUT2D eigenvalue weighted by molar-refractivity contribution is 0.0457. The molecular formula is C13H20BrNO. The van der Waals surface area contributed by atoms with Gasteiger partial charge in [0.2, 0.25) is 0 Å². The molecule has 2 N–H and O–H groups in total. The normalized spacial score (nSPS) is 11.6. The summed E-state index contributed by atoms with van der Waals surface area (Å²) < 4.78 is 1.11. The van der Waals surface area contributed by atoms with Crippen LogP contribution < -0.4 is 5.32 Å². The molecule has 1 aromatic rings. The van der Waals surface area contributed by atoms with Crippen molar-refractivity contribution >= 4 is 21.6 Å². The lowest BCUT2D eigenvalue weighted by Crippen LogP contribution is -2.35. The number of aryl methyl sites for hydroxylation is 1. The second-order valence-corrected chi connectivity index (χ2v) is 5.10. The third-order valence-corrected chi connectivity index (χ3v) is 3.99. The summed E-state index contributed by atoms with van der Waals surface area (Å²) in [6, 6.07) is 6.12. The molecule has 0 amide bonds. The summed E-state index contributed by atoms with van der Waals surface area (Å²) in [5, 5.41) is 13.4. The average Bonchev–Trinajstić information content (AvgIpc) is 2.30. The van der Waals surface area contributed by atoms with Gasteiger partial charge < -0.3 is 10.4 Å². The molecule has 0 bridgehead atoms. The fraction of sp³-hybridized carbons (Fsp3) is 0.538. The first-order valence-corrected chi connectivity index (χ1v) is 6.52. The van der Waals surface area contributed by atoms with Crippen LogP contribution in [0, 0.1) is 6.92 Å². The van der Waals surface area contributed by atoms with Crippen LogP contribution >= 0.6 is 15.9 Å². The van der Waals surface area contributed by atoms with E-state index in [4.69, 9.17) is 0 Å². The standard InChI is InChI=1S/C13H20BrNO/c1-4-13(16,5-2)9-15-11-6-7-12(14)10(3)8-11/h6-8,15-16H,4-5,9H2,1-3H3. The quantitative estimate of drug-likeness (QED) is 0.864. The number of nitrogens with one attached hydrogen (secondary N) is 1. The van der Waals surface area contributed by atoms with Gasteiger partial charge >= 0.3 is 0 Å². The average molecular weight is 286 g/mol. The van der Waals surface area contributed by atoms with Gasteiger partial charge in [0.05, 0.1) is 5.60 Å². The number of hydrogen-bond acceptors (Lipinski definition) is 2. The molecule has 0 aliphatic carbocycles. The van der Waals surface area contributed by atoms with E-state index < -0.39 is 5.60 Å². The van der Waals surface area contributed by atoms with E-state index in [1.165, 1.54) is 5.56 Å². The van der Waals surface area contributed by atoms with E-state index in [-0.39, 0.29) is 0 Å². The van der Waals surface area contributed by atoms with Gasteiger partial charge in [0.1, 0.15) is 0 Å². The molecule has 0 aromatic heterocycles. The predicted molar refractivity (Wildman–Crippen MR) is 72.9 cm³/mol. The fourth-order valence-corrected chi connectivity index (χ4v) is 1.77. The minimum atomic E-state index is -0.596. The second-order valence-electron chi connectivity index (χ2n) is 4.25. The molecule has 0 spiro atoms. The molecule has 1 rings (SSSR count). The van der Waals surface area contributed by atoms with Gasteiger partial charge in [-0.1, -0.05) is 29.8 Å². The number of anilines is 1. The second kappa shape index (κ2) is 5.69. The zero-order chi connectivity index (χ0) is 12.2. The molecule has 90 valence electrons. The highest BCUT2D eigenvalue weighted by Crippen LogP contribution is 2.21. The van der Waals surface area contributed by atoms with Crippen molar-refractivity contribution in [2.24, 2.45) is 0 Å². The zero-order valence-corrected chi connectivity index (χ0v) is 11.8. The van der Waals surface area contributed by atoms with Crippen molar-refractivity contribution in [3.8, 4) is 0 Å². The van der Waals surface area contributed by atoms with Crippen LogP contribution in [0.4, 0.5) is 5.69 Å². The predicted octanol–water partition coefficient (Wildman–Crippen LogP) is 3.72. The van der Waals surface area contributed by atoms with Gasteiger partial charge in [-0.3, -0.25) is 0 Å². The molecule has 0 aliphatic rings. The molecule has 0 fully saturated rings. The third-order valence-electron chi connectivity index (χ3n) is 3.10. The Kier molecular flexibility index (Phi) is 4.81. The Bertz CT molecular complexity index is 348. The maximum Gasteiger partial charge on any atom is 0.0814 e. The first-order chi connectivity index (χ1) is 7.50. The summed E-state index contributed by atoms with van der Waals surface area (Å²) in [6.07, 6.45) is 1.54. The molecule has 0 saturated heterocycles. The number of halogens is 1. The van der Waals surface area contributed by atoms with Crippen LogP contribution in [0.25, 0.3) is 0 Å². The summed E-state index contributed by atoms with van der Waals surface area (Å²) >= 11 is 3.47. The van der Waals surface area contributed by atoms with Crippen molar-refractivity contribution in [3.05, 3.63) is 28.2 Å². The smallest absolute Gasteiger partial charge is 0.0814 e. The highest BCUT2D eigenvalue weighted by Gasteiger charge is 2.21. The molecule has 0 unspecified atom stereocenters. The summed E-state index contributed by atoms with van der Waals surface area (Å²) in [4.78, 5) is 0. The molecule has 16 heavy (non-hydrogen) atoms. The van der Waals surface area contributed by atoms with Gasteiger partial charge in [-0.15, -0.1) is 0 Å². The van der Waals surface area contributed by atoms with E-state index in [1.54, 1.807) is 0 Å². The van der Waals surface area contributed by atoms with Crippen LogP contribution in [-0.4, -0.2) is 17.3 Å². The monoisotopic (exact) mass is 285 g/mol. The van der Waals surface area contributed by atoms with E-state index in [1.807, 2.05) is 26.0 Å². The Hall–Kier alpha value is -0.540. The van der Waals surface area contributed by atoms with Gasteiger partial charge in [-0.05, 0) is 43.5 Å². The van der Waals surface area contributed by atoms with Gasteiger partial charge in [0.25, 0.3) is 0 Å². The number of benzene rings is 1. The van der Waals surface area contributed by atoms with E-state index in [2.05, 4.69) is 34.2 Å². The van der Waals surface area contributed by atoms with Crippen molar-refractivity contribution in [3.63, 3.8) is 0 Å². The molecule has 3 heteroatoms. The molecule has 0 atom stereocenters. The lowest BCUT2D eigenvalue weighted by Gasteiger charge is -2.26. The molecule has 0 aliphatic heterocycles. The molecule has 0 saturated carbocycles. The fourth-order valence-electron chi connectivity index (χ4n) is 1.52. The highest BCUT2D eigenvalue weighted by atomic mass is 79.9. The molecular weight excluding hydrogens is 266 g/mol. The summed E-state index contributed by atoms with van der Waals surface area (Å²) in [5.41, 5.74) is 1.66. The van der Waals surface area contributed by atoms with Crippen LogP contribution in [0.1, 0.15) is 32.3 Å². The Morgan fingerprint density at radius 1 is 1.31 bits per heavy atom. The SMILES string of the molecule is CCC(O)(CC)CNc1ccc(Br)c(C)c1. The maximum atomic E-state index is 10.1. The Morgan fingerprint density at radius 3 is 2.44 bits per heavy atom. The summed E-state index contributed by atoms with van der Waals surface area (Å²) in [5.74, 6) is 0. The molecule has 0 heterocycles. The van der Waals surface area contributed by atoms with Crippen molar-refractivity contribution in [2.75, 3.05) is 11.9 Å². The topological polar surface area (TPSA) is 32.3 Å². The largest absolute Gasteiger partial charge is 0.388 e. The number of hydrogen-bond donors (Lipinski definition) is 2. The van der Waals surface area contributed by atoms with Crippen molar-refractivity contribution in [1.29, 1.82) is 0 Å². The van der Waals surface area contributed by atoms with Crippen LogP contribution in [0.15, 0.2) is 22.7 Å². The summed E-state index contributed by atoms with van der Waals surface area (Å²) in [6.45, 7) is 6.68. The summed E-state index contributed by atoms with van der Waals surface area (Å²) in [7, 11) is 0. The first kappa shape index (κ1) is 13.5. The van der Waals surface area contributed by atoms with E-state index in [0.29, 0.717) is 6.54 Å². The lowest BCUT2D eigenvalue weighted by atomic mass is 9.97. The van der Waals surface area contributed by atoms with Gasteiger partial charge in [-0.2, -0.15) is 0 Å². The Labute approximate surface area is 106 Å². The maximum absolute atomic E-state index is 10.1. The zero-order valence-electron chi connectivity index (χ0n) is 10.2. The first-order valence-electron chi connectivity index (χ1n) is 5.73. The number of aliphatic hydroxyl groups is 1. The Balaban J connectivity index is 2.64. The van der Waals surface area contributed by atoms with Crippen molar-refractivity contribution in [2.45, 2.75) is 39.2 Å². The van der Waals surface area contributed by atoms with E-state index in [0.717, 1.165) is 23.0 Å². The van der Waals surface area contributed by atoms with Gasteiger partial charge in [0, 0.05) is 16.7 Å². The molecule has 1 aromatic carbocycles. The third kappa shape index (κ3) is 3.49. The van der Waals surface area contributed by atoms with Crippen LogP contribution in [0.2, 0.25) is 0 Å². The molecule has 0 radical (unpaired) electrons. The van der Waals surface area contributed by atoms with Gasteiger partial charge in [-0.25, -0.2) is 0 Å². The minimum Gasteiger partial charge on any atom is -0.388 e. The minimum absolute atomic E-state index is 0.596. The number of rotatable bonds is 5. The van der Waals surface area contributed by atoms with E-state index >= 15 is 0 Å². The molecule has 2 nitrogen and oxygen atoms in total. The highest BCUT2D eigenvalue weighted by molar-refractivity contribution is 9.10. The van der Waals surface area contributed by atoms with Crippen LogP contribution in [0.3, 0.4) is 0 Å².